The first-order valence-corrected chi connectivity index (χ1v) is 16.8. The fraction of sp³-hybridized carbons (Fsp3) is 0.175. The van der Waals surface area contributed by atoms with Crippen LogP contribution < -0.4 is 20.4 Å². The minimum atomic E-state index is -5.62. The molecule has 7 nitrogen and oxygen atoms in total. The molecule has 59 heavy (non-hydrogen) atoms. The zero-order valence-electron chi connectivity index (χ0n) is 30.0. The summed E-state index contributed by atoms with van der Waals surface area (Å²) in [5, 5.41) is 34.4. The highest BCUT2D eigenvalue weighted by Crippen LogP contribution is 2.58. The maximum Gasteiger partial charge on any atom is 0.417 e. The average molecular weight is 828 g/mol. The average Bonchev–Trinajstić information content (AvgIpc) is 3.68. The zero-order valence-corrected chi connectivity index (χ0v) is 30.0. The van der Waals surface area contributed by atoms with Gasteiger partial charge in [-0.15, -0.1) is 0 Å². The lowest BCUT2D eigenvalue weighted by molar-refractivity contribution is -0.144. The number of hydrogen-bond acceptors (Lipinski definition) is 7. The number of rotatable bonds is 2. The van der Waals surface area contributed by atoms with E-state index in [0.29, 0.717) is 24.3 Å². The maximum absolute atomic E-state index is 15.2. The smallest absolute Gasteiger partial charge is 0.339 e. The molecule has 5 aromatic carbocycles. The van der Waals surface area contributed by atoms with Crippen LogP contribution in [0.1, 0.15) is 29.2 Å². The van der Waals surface area contributed by atoms with Gasteiger partial charge in [-0.1, -0.05) is 24.3 Å². The van der Waals surface area contributed by atoms with Crippen molar-refractivity contribution >= 4 is 44.3 Å². The Morgan fingerprint density at radius 1 is 0.525 bits per heavy atom. The number of nitriles is 3. The molecular formula is C40H21F12N7. The van der Waals surface area contributed by atoms with Gasteiger partial charge in [0.1, 0.15) is 23.8 Å². The van der Waals surface area contributed by atoms with Crippen LogP contribution in [0.25, 0.3) is 43.8 Å². The second kappa shape index (κ2) is 13.2. The highest BCUT2D eigenvalue weighted by molar-refractivity contribution is 6.30. The second-order valence-corrected chi connectivity index (χ2v) is 13.4. The molecule has 0 unspecified atom stereocenters. The molecule has 0 saturated heterocycles. The number of nitrogens with one attached hydrogen (secondary N) is 2. The molecule has 0 aromatic heterocycles. The minimum absolute atomic E-state index is 0.00185. The Labute approximate surface area is 324 Å². The number of fused-ring (bicyclic) bond motifs is 7. The number of allylic oxidation sites excluding steroid dienone is 2. The van der Waals surface area contributed by atoms with E-state index in [-0.39, 0.29) is 73.6 Å². The van der Waals surface area contributed by atoms with Crippen LogP contribution in [-0.2, 0) is 24.7 Å². The van der Waals surface area contributed by atoms with Crippen LogP contribution in [0.3, 0.4) is 0 Å². The third-order valence-electron chi connectivity index (χ3n) is 10.1. The Hall–Kier alpha value is -7.07. The second-order valence-electron chi connectivity index (χ2n) is 13.4. The molecule has 2 N–H and O–H groups in total. The summed E-state index contributed by atoms with van der Waals surface area (Å²) < 4.78 is 176. The summed E-state index contributed by atoms with van der Waals surface area (Å²) in [5.74, 6) is -0.122. The van der Waals surface area contributed by atoms with Gasteiger partial charge in [0.15, 0.2) is 5.57 Å². The quantitative estimate of drug-likeness (QED) is 0.104. The largest absolute Gasteiger partial charge is 0.417 e. The molecule has 2 heterocycles. The molecule has 0 radical (unpaired) electrons. The third kappa shape index (κ3) is 6.32. The Kier molecular flexibility index (Phi) is 9.01. The van der Waals surface area contributed by atoms with Crippen molar-refractivity contribution in [3.8, 4) is 40.5 Å². The summed E-state index contributed by atoms with van der Waals surface area (Å²) in [6, 6.07) is 11.9. The molecular weight excluding hydrogens is 806 g/mol. The summed E-state index contributed by atoms with van der Waals surface area (Å²) in [5.41, 5.74) is -11.7. The Balaban J connectivity index is 1.85. The van der Waals surface area contributed by atoms with Gasteiger partial charge in [0, 0.05) is 36.0 Å². The zero-order chi connectivity index (χ0) is 43.3. The van der Waals surface area contributed by atoms with E-state index < -0.39 is 74.8 Å². The predicted octanol–water partition coefficient (Wildman–Crippen LogP) is 12.1. The molecule has 300 valence electrons. The molecule has 19 heteroatoms. The summed E-state index contributed by atoms with van der Waals surface area (Å²) >= 11 is 0. The number of hydrogen-bond donors (Lipinski definition) is 2. The van der Waals surface area contributed by atoms with Gasteiger partial charge in [-0.2, -0.15) is 68.5 Å². The number of nitrogens with zero attached hydrogens (tertiary/aromatic N) is 5. The SMILES string of the molecule is C/C(C#N)=C1\Nc2ccc3c(c(-c4ccc(C(F)(F)F)cc4C(F)(F)F)c(-c4ccc(C(F)(F)F)cc4C(F)(F)F)c4c5c(ccc43)NC(=C(C#N)C#N)N5C)c2N1C. The minimum Gasteiger partial charge on any atom is -0.339 e. The molecule has 0 atom stereocenters. The molecule has 7 rings (SSSR count). The van der Waals surface area contributed by atoms with E-state index in [4.69, 9.17) is 0 Å². The number of halogens is 12. The third-order valence-corrected chi connectivity index (χ3v) is 10.1. The Morgan fingerprint density at radius 3 is 1.27 bits per heavy atom. The molecule has 2 aliphatic rings. The molecule has 0 bridgehead atoms. The van der Waals surface area contributed by atoms with E-state index in [1.165, 1.54) is 50.2 Å². The molecule has 5 aromatic rings. The lowest BCUT2D eigenvalue weighted by Crippen LogP contribution is -2.18. The van der Waals surface area contributed by atoms with Crippen molar-refractivity contribution in [3.63, 3.8) is 0 Å². The van der Waals surface area contributed by atoms with Crippen molar-refractivity contribution in [2.45, 2.75) is 31.6 Å². The van der Waals surface area contributed by atoms with Gasteiger partial charge in [0.05, 0.1) is 56.6 Å². The fourth-order valence-corrected chi connectivity index (χ4v) is 7.58. The van der Waals surface area contributed by atoms with Crippen LogP contribution in [0.2, 0.25) is 0 Å². The number of alkyl halides is 12. The molecule has 0 fully saturated rings. The monoisotopic (exact) mass is 827 g/mol. The molecule has 0 aliphatic carbocycles. The highest BCUT2D eigenvalue weighted by Gasteiger charge is 2.44. The standard InChI is InChI=1S/C40H21F12N7/c1-17(14-53)35-56-27-10-8-21-22-9-11-28-34(59(3)36(57-28)18(15-54)16-55)32(22)30(24-7-5-20(38(44,45)46)13-26(24)40(50,51)52)29(31(21)33(27)58(35)2)23-6-4-19(37(41,42)43)12-25(23)39(47,48)49/h4-13,56-57H,1-3H3/b35-17-. The number of anilines is 4. The number of benzene rings is 5. The highest BCUT2D eigenvalue weighted by atomic mass is 19.4. The molecule has 2 aliphatic heterocycles. The summed E-state index contributed by atoms with van der Waals surface area (Å²) in [7, 11) is 2.65. The molecule has 0 amide bonds. The van der Waals surface area contributed by atoms with Crippen LogP contribution in [0.4, 0.5) is 75.4 Å². The van der Waals surface area contributed by atoms with E-state index in [0.717, 1.165) is 4.90 Å². The van der Waals surface area contributed by atoms with Gasteiger partial charge in [0.2, 0.25) is 0 Å². The van der Waals surface area contributed by atoms with Gasteiger partial charge in [-0.25, -0.2) is 0 Å². The topological polar surface area (TPSA) is 102 Å². The van der Waals surface area contributed by atoms with Gasteiger partial charge in [-0.3, -0.25) is 0 Å². The first kappa shape index (κ1) is 40.1. The van der Waals surface area contributed by atoms with Crippen molar-refractivity contribution < 1.29 is 52.7 Å². The molecule has 0 saturated carbocycles. The Morgan fingerprint density at radius 2 is 0.915 bits per heavy atom. The first-order valence-electron chi connectivity index (χ1n) is 16.8. The van der Waals surface area contributed by atoms with E-state index in [9.17, 15) is 42.1 Å². The van der Waals surface area contributed by atoms with Crippen LogP contribution >= 0.6 is 0 Å². The van der Waals surface area contributed by atoms with Crippen molar-refractivity contribution in [1.29, 1.82) is 15.8 Å². The lowest BCUT2D eigenvalue weighted by Gasteiger charge is -2.28. The maximum atomic E-state index is 15.2. The van der Waals surface area contributed by atoms with Gasteiger partial charge in [-0.05, 0) is 65.2 Å². The normalized spacial score (nSPS) is 15.0. The lowest BCUT2D eigenvalue weighted by atomic mass is 9.80. The summed E-state index contributed by atoms with van der Waals surface area (Å²) in [6.45, 7) is 1.39. The predicted molar refractivity (Wildman–Crippen MR) is 193 cm³/mol. The van der Waals surface area contributed by atoms with Crippen LogP contribution in [-0.4, -0.2) is 14.1 Å². The van der Waals surface area contributed by atoms with E-state index in [2.05, 4.69) is 10.6 Å². The van der Waals surface area contributed by atoms with E-state index in [1.54, 1.807) is 12.1 Å². The fourth-order valence-electron chi connectivity index (χ4n) is 7.58. The molecule has 0 spiro atoms. The van der Waals surface area contributed by atoms with Crippen LogP contribution in [0, 0.1) is 34.0 Å². The van der Waals surface area contributed by atoms with Crippen LogP contribution in [0.15, 0.2) is 83.5 Å². The van der Waals surface area contributed by atoms with Crippen LogP contribution in [0.5, 0.6) is 0 Å². The van der Waals surface area contributed by atoms with Crippen molar-refractivity contribution in [2.24, 2.45) is 0 Å². The van der Waals surface area contributed by atoms with Crippen molar-refractivity contribution in [3.05, 3.63) is 106 Å². The van der Waals surface area contributed by atoms with Crippen molar-refractivity contribution in [1.82, 2.24) is 0 Å². The Bertz CT molecular complexity index is 2840. The first-order chi connectivity index (χ1) is 27.4. The van der Waals surface area contributed by atoms with Gasteiger partial charge in [0.25, 0.3) is 0 Å². The van der Waals surface area contributed by atoms with Gasteiger partial charge >= 0.3 is 24.7 Å². The van der Waals surface area contributed by atoms with Gasteiger partial charge < -0.3 is 20.4 Å². The summed E-state index contributed by atoms with van der Waals surface area (Å²) in [6.07, 6.45) is -21.9. The van der Waals surface area contributed by atoms with E-state index >= 15 is 26.3 Å². The van der Waals surface area contributed by atoms with E-state index in [1.807, 2.05) is 6.07 Å². The summed E-state index contributed by atoms with van der Waals surface area (Å²) in [4.78, 5) is 2.48. The van der Waals surface area contributed by atoms with Crippen molar-refractivity contribution in [2.75, 3.05) is 34.5 Å².